The molecule has 8 nitrogen and oxygen atoms in total. The second-order valence-corrected chi connectivity index (χ2v) is 10.4. The van der Waals surface area contributed by atoms with Gasteiger partial charge in [-0.05, 0) is 56.2 Å². The molecule has 0 spiro atoms. The molecule has 1 aliphatic heterocycles. The summed E-state index contributed by atoms with van der Waals surface area (Å²) in [5.41, 5.74) is 2.08. The van der Waals surface area contributed by atoms with Gasteiger partial charge in [0.2, 0.25) is 0 Å². The molecule has 1 N–H and O–H groups in total. The van der Waals surface area contributed by atoms with Crippen molar-refractivity contribution in [2.45, 2.75) is 43.9 Å². The number of sulfonamides is 1. The van der Waals surface area contributed by atoms with E-state index in [0.29, 0.717) is 11.6 Å². The number of carbonyl (C=O) groups is 1. The smallest absolute Gasteiger partial charge is 0.416 e. The van der Waals surface area contributed by atoms with E-state index < -0.39 is 38.7 Å². The van der Waals surface area contributed by atoms with Gasteiger partial charge in [0.15, 0.2) is 0 Å². The van der Waals surface area contributed by atoms with Gasteiger partial charge in [-0.3, -0.25) is 13.8 Å². The van der Waals surface area contributed by atoms with Gasteiger partial charge in [0.25, 0.3) is 10.0 Å². The van der Waals surface area contributed by atoms with Crippen molar-refractivity contribution >= 4 is 21.7 Å². The van der Waals surface area contributed by atoms with Crippen LogP contribution in [0.4, 0.5) is 18.9 Å². The maximum atomic E-state index is 13.7. The molecule has 12 heteroatoms. The van der Waals surface area contributed by atoms with Crippen molar-refractivity contribution < 1.29 is 36.2 Å². The highest BCUT2D eigenvalue weighted by molar-refractivity contribution is 7.92. The number of rotatable bonds is 6. The summed E-state index contributed by atoms with van der Waals surface area (Å²) in [6.07, 6.45) is -5.77. The second-order valence-electron chi connectivity index (χ2n) is 8.59. The number of ether oxygens (including phenoxy) is 1. The minimum atomic E-state index is -4.72. The summed E-state index contributed by atoms with van der Waals surface area (Å²) in [4.78, 5) is 10.6. The molecule has 0 bridgehead atoms. The first-order valence-electron chi connectivity index (χ1n) is 11.0. The Hall–Kier alpha value is -3.54. The number of fused-ring (bicyclic) bond motifs is 1. The van der Waals surface area contributed by atoms with Crippen LogP contribution in [-0.2, 0) is 28.0 Å². The largest absolute Gasteiger partial charge is 0.486 e. The van der Waals surface area contributed by atoms with Gasteiger partial charge < -0.3 is 9.84 Å². The maximum absolute atomic E-state index is 13.7. The van der Waals surface area contributed by atoms with Crippen molar-refractivity contribution in [2.24, 2.45) is 7.05 Å². The van der Waals surface area contributed by atoms with Gasteiger partial charge >= 0.3 is 12.1 Å². The van der Waals surface area contributed by atoms with Crippen molar-refractivity contribution in [1.29, 1.82) is 0 Å². The molecule has 0 saturated heterocycles. The van der Waals surface area contributed by atoms with Crippen LogP contribution in [0.3, 0.4) is 0 Å². The molecule has 0 amide bonds. The van der Waals surface area contributed by atoms with E-state index >= 15 is 0 Å². The first-order valence-corrected chi connectivity index (χ1v) is 12.5. The first-order chi connectivity index (χ1) is 16.8. The Morgan fingerprint density at radius 2 is 1.92 bits per heavy atom. The van der Waals surface area contributed by atoms with Crippen LogP contribution >= 0.6 is 0 Å². The quantitative estimate of drug-likeness (QED) is 0.509. The topological polar surface area (TPSA) is 102 Å². The van der Waals surface area contributed by atoms with Crippen molar-refractivity contribution in [3.63, 3.8) is 0 Å². The second kappa shape index (κ2) is 9.16. The number of alkyl halides is 3. The van der Waals surface area contributed by atoms with E-state index in [0.717, 1.165) is 39.5 Å². The Balaban J connectivity index is 1.84. The number of anilines is 1. The Morgan fingerprint density at radius 1 is 1.19 bits per heavy atom. The highest BCUT2D eigenvalue weighted by Crippen LogP contribution is 2.42. The van der Waals surface area contributed by atoms with Gasteiger partial charge in [-0.2, -0.15) is 18.3 Å². The summed E-state index contributed by atoms with van der Waals surface area (Å²) in [7, 11) is -2.68. The van der Waals surface area contributed by atoms with Gasteiger partial charge in [0.05, 0.1) is 28.4 Å². The lowest BCUT2D eigenvalue weighted by Gasteiger charge is -2.36. The lowest BCUT2D eigenvalue weighted by molar-refractivity contribution is -0.138. The number of aryl methyl sites for hydroxylation is 2. The molecule has 1 aromatic heterocycles. The van der Waals surface area contributed by atoms with Gasteiger partial charge in [-0.1, -0.05) is 12.1 Å². The summed E-state index contributed by atoms with van der Waals surface area (Å²) in [6, 6.07) is 8.46. The molecule has 2 heterocycles. The van der Waals surface area contributed by atoms with Gasteiger partial charge in [0, 0.05) is 24.7 Å². The predicted molar refractivity (Wildman–Crippen MR) is 125 cm³/mol. The fourth-order valence-electron chi connectivity index (χ4n) is 4.28. The minimum Gasteiger partial charge on any atom is -0.486 e. The van der Waals surface area contributed by atoms with E-state index in [2.05, 4.69) is 5.10 Å². The molecule has 192 valence electrons. The average molecular weight is 524 g/mol. The van der Waals surface area contributed by atoms with Crippen molar-refractivity contribution in [1.82, 2.24) is 9.78 Å². The van der Waals surface area contributed by atoms with E-state index in [1.807, 2.05) is 13.8 Å². The maximum Gasteiger partial charge on any atom is 0.416 e. The number of carboxylic acid groups (broad SMARTS) is 1. The van der Waals surface area contributed by atoms with E-state index in [-0.39, 0.29) is 30.8 Å². The fraction of sp³-hybridized carbons (Fsp3) is 0.333. The molecular weight excluding hydrogens is 499 g/mol. The first kappa shape index (κ1) is 25.5. The van der Waals surface area contributed by atoms with Crippen LogP contribution in [0.5, 0.6) is 5.75 Å². The molecular formula is C24H24F3N3O5S. The van der Waals surface area contributed by atoms with Gasteiger partial charge in [-0.25, -0.2) is 8.42 Å². The van der Waals surface area contributed by atoms with Crippen LogP contribution in [-0.4, -0.2) is 41.9 Å². The summed E-state index contributed by atoms with van der Waals surface area (Å²) in [6.45, 7) is 3.43. The van der Waals surface area contributed by atoms with Gasteiger partial charge in [-0.15, -0.1) is 0 Å². The molecule has 0 saturated carbocycles. The molecule has 0 radical (unpaired) electrons. The number of nitrogens with zero attached hydrogens (tertiary/aromatic N) is 3. The third kappa shape index (κ3) is 4.77. The molecule has 1 atom stereocenters. The molecule has 36 heavy (non-hydrogen) atoms. The van der Waals surface area contributed by atoms with Crippen LogP contribution in [0, 0.1) is 13.8 Å². The zero-order chi connectivity index (χ0) is 26.4. The highest BCUT2D eigenvalue weighted by atomic mass is 32.2. The number of aliphatic carboxylic acids is 1. The molecule has 1 aliphatic rings. The Kier molecular flexibility index (Phi) is 6.50. The zero-order valence-corrected chi connectivity index (χ0v) is 20.5. The molecule has 4 rings (SSSR count). The van der Waals surface area contributed by atoms with Gasteiger partial charge in [0.1, 0.15) is 11.9 Å². The SMILES string of the molecule is Cc1nn(C)c(C)c1-c1ccc2c(c1)N(S(=O)(=O)c1cccc(C(F)(F)F)c1)C[C@H](CCC(=O)O)O2. The summed E-state index contributed by atoms with van der Waals surface area (Å²) in [5, 5.41) is 13.5. The standard InChI is InChI=1S/C24H24F3N3O5S/c1-14-23(15(2)29(3)28-14)16-7-9-21-20(11-16)30(13-18(35-21)8-10-22(31)32)36(33,34)19-6-4-5-17(12-19)24(25,26)27/h4-7,9,11-12,18H,8,10,13H2,1-3H3,(H,31,32)/t18-/m0/s1. The third-order valence-electron chi connectivity index (χ3n) is 6.12. The lowest BCUT2D eigenvalue weighted by atomic mass is 10.0. The van der Waals surface area contributed by atoms with Crippen molar-refractivity contribution in [3.8, 4) is 16.9 Å². The number of hydrogen-bond acceptors (Lipinski definition) is 5. The Labute approximate surface area is 206 Å². The van der Waals surface area contributed by atoms with Crippen LogP contribution in [0.15, 0.2) is 47.4 Å². The lowest BCUT2D eigenvalue weighted by Crippen LogP contribution is -2.43. The normalized spacial score (nSPS) is 15.9. The third-order valence-corrected chi connectivity index (χ3v) is 7.89. The molecule has 0 unspecified atom stereocenters. The van der Waals surface area contributed by atoms with Crippen LogP contribution in [0.1, 0.15) is 29.8 Å². The monoisotopic (exact) mass is 523 g/mol. The molecule has 0 aliphatic carbocycles. The summed E-state index contributed by atoms with van der Waals surface area (Å²) >= 11 is 0. The van der Waals surface area contributed by atoms with Crippen LogP contribution < -0.4 is 9.04 Å². The molecule has 0 fully saturated rings. The number of aromatic nitrogens is 2. The summed E-state index contributed by atoms with van der Waals surface area (Å²) < 4.78 is 75.8. The number of benzene rings is 2. The summed E-state index contributed by atoms with van der Waals surface area (Å²) in [5.74, 6) is -0.885. The zero-order valence-electron chi connectivity index (χ0n) is 19.7. The van der Waals surface area contributed by atoms with Crippen LogP contribution in [0.25, 0.3) is 11.1 Å². The van der Waals surface area contributed by atoms with E-state index in [9.17, 15) is 26.4 Å². The Morgan fingerprint density at radius 3 is 2.53 bits per heavy atom. The number of halogens is 3. The molecule has 3 aromatic rings. The highest BCUT2D eigenvalue weighted by Gasteiger charge is 2.37. The Bertz CT molecular complexity index is 1430. The van der Waals surface area contributed by atoms with E-state index in [4.69, 9.17) is 9.84 Å². The van der Waals surface area contributed by atoms with E-state index in [1.54, 1.807) is 29.9 Å². The van der Waals surface area contributed by atoms with Crippen LogP contribution in [0.2, 0.25) is 0 Å². The van der Waals surface area contributed by atoms with Crippen molar-refractivity contribution in [2.75, 3.05) is 10.8 Å². The number of carboxylic acids is 1. The fourth-order valence-corrected chi connectivity index (χ4v) is 5.83. The predicted octanol–water partition coefficient (Wildman–Crippen LogP) is 4.54. The average Bonchev–Trinajstić information content (AvgIpc) is 3.07. The minimum absolute atomic E-state index is 0.0198. The molecule has 2 aromatic carbocycles. The number of hydrogen-bond donors (Lipinski definition) is 1. The van der Waals surface area contributed by atoms with Crippen molar-refractivity contribution in [3.05, 3.63) is 59.4 Å². The van der Waals surface area contributed by atoms with E-state index in [1.165, 1.54) is 0 Å².